The van der Waals surface area contributed by atoms with Gasteiger partial charge in [-0.2, -0.15) is 5.26 Å². The molecule has 0 aromatic heterocycles. The molecule has 0 atom stereocenters. The SMILES string of the molecule is Cc1ccc(SC2(C#N)CC2)c(C)c1. The summed E-state index contributed by atoms with van der Waals surface area (Å²) >= 11 is 1.73. The van der Waals surface area contributed by atoms with E-state index in [0.29, 0.717) is 0 Å². The van der Waals surface area contributed by atoms with E-state index in [9.17, 15) is 0 Å². The maximum atomic E-state index is 8.99. The standard InChI is InChI=1S/C12H13NS/c1-9-3-4-11(10(2)7-9)14-12(8-13)5-6-12/h3-4,7H,5-6H2,1-2H3. The lowest BCUT2D eigenvalue weighted by Crippen LogP contribution is -1.97. The van der Waals surface area contributed by atoms with E-state index in [0.717, 1.165) is 12.8 Å². The van der Waals surface area contributed by atoms with Crippen molar-refractivity contribution in [2.75, 3.05) is 0 Å². The van der Waals surface area contributed by atoms with E-state index in [-0.39, 0.29) is 4.75 Å². The Morgan fingerprint density at radius 3 is 2.57 bits per heavy atom. The lowest BCUT2D eigenvalue weighted by Gasteiger charge is -2.09. The largest absolute Gasteiger partial charge is 0.197 e. The molecule has 0 saturated heterocycles. The fourth-order valence-corrected chi connectivity index (χ4v) is 2.60. The maximum Gasteiger partial charge on any atom is 0.107 e. The van der Waals surface area contributed by atoms with Gasteiger partial charge in [-0.05, 0) is 38.3 Å². The highest BCUT2D eigenvalue weighted by molar-refractivity contribution is 8.01. The Morgan fingerprint density at radius 1 is 1.36 bits per heavy atom. The minimum atomic E-state index is -0.0972. The fraction of sp³-hybridized carbons (Fsp3) is 0.417. The molecule has 0 radical (unpaired) electrons. The van der Waals surface area contributed by atoms with Gasteiger partial charge < -0.3 is 0 Å². The first-order valence-corrected chi connectivity index (χ1v) is 5.64. The van der Waals surface area contributed by atoms with Crippen LogP contribution >= 0.6 is 11.8 Å². The summed E-state index contributed by atoms with van der Waals surface area (Å²) in [5.74, 6) is 0. The number of rotatable bonds is 2. The highest BCUT2D eigenvalue weighted by Gasteiger charge is 2.44. The molecule has 2 rings (SSSR count). The minimum absolute atomic E-state index is 0.0972. The Labute approximate surface area is 89.1 Å². The number of nitriles is 1. The summed E-state index contributed by atoms with van der Waals surface area (Å²) in [6.07, 6.45) is 2.09. The highest BCUT2D eigenvalue weighted by Crippen LogP contribution is 2.51. The van der Waals surface area contributed by atoms with Gasteiger partial charge in [-0.3, -0.25) is 0 Å². The Balaban J connectivity index is 2.22. The van der Waals surface area contributed by atoms with Crippen LogP contribution in [0.4, 0.5) is 0 Å². The summed E-state index contributed by atoms with van der Waals surface area (Å²) in [7, 11) is 0. The van der Waals surface area contributed by atoms with E-state index in [1.807, 2.05) is 0 Å². The van der Waals surface area contributed by atoms with Crippen molar-refractivity contribution in [2.45, 2.75) is 36.3 Å². The predicted octanol–water partition coefficient (Wildman–Crippen LogP) is 3.45. The van der Waals surface area contributed by atoms with Crippen molar-refractivity contribution in [2.24, 2.45) is 0 Å². The molecule has 2 heteroatoms. The molecule has 1 aromatic carbocycles. The average molecular weight is 203 g/mol. The van der Waals surface area contributed by atoms with E-state index >= 15 is 0 Å². The summed E-state index contributed by atoms with van der Waals surface area (Å²) < 4.78 is -0.0972. The minimum Gasteiger partial charge on any atom is -0.197 e. The van der Waals surface area contributed by atoms with Crippen LogP contribution in [0.3, 0.4) is 0 Å². The normalized spacial score (nSPS) is 17.5. The molecular weight excluding hydrogens is 190 g/mol. The lowest BCUT2D eigenvalue weighted by molar-refractivity contribution is 1.17. The van der Waals surface area contributed by atoms with Crippen LogP contribution in [0.25, 0.3) is 0 Å². The second kappa shape index (κ2) is 3.33. The summed E-state index contributed by atoms with van der Waals surface area (Å²) in [4.78, 5) is 1.26. The van der Waals surface area contributed by atoms with E-state index < -0.39 is 0 Å². The van der Waals surface area contributed by atoms with Crippen LogP contribution in [-0.2, 0) is 0 Å². The molecule has 1 saturated carbocycles. The van der Waals surface area contributed by atoms with Crippen molar-refractivity contribution >= 4 is 11.8 Å². The molecule has 0 heterocycles. The monoisotopic (exact) mass is 203 g/mol. The quantitative estimate of drug-likeness (QED) is 0.735. The molecule has 0 amide bonds. The topological polar surface area (TPSA) is 23.8 Å². The van der Waals surface area contributed by atoms with Crippen LogP contribution in [0.1, 0.15) is 24.0 Å². The van der Waals surface area contributed by atoms with Crippen LogP contribution in [0.2, 0.25) is 0 Å². The van der Waals surface area contributed by atoms with Crippen LogP contribution in [-0.4, -0.2) is 4.75 Å². The maximum absolute atomic E-state index is 8.99. The van der Waals surface area contributed by atoms with Gasteiger partial charge in [0, 0.05) is 4.90 Å². The molecule has 0 unspecified atom stereocenters. The molecule has 0 spiro atoms. The van der Waals surface area contributed by atoms with Crippen molar-refractivity contribution in [3.05, 3.63) is 29.3 Å². The summed E-state index contributed by atoms with van der Waals surface area (Å²) in [6.45, 7) is 4.21. The Morgan fingerprint density at radius 2 is 2.07 bits per heavy atom. The number of nitrogens with zero attached hydrogens (tertiary/aromatic N) is 1. The Bertz CT molecular complexity index is 399. The van der Waals surface area contributed by atoms with Crippen LogP contribution in [0.5, 0.6) is 0 Å². The van der Waals surface area contributed by atoms with Gasteiger partial charge in [0.2, 0.25) is 0 Å². The number of hydrogen-bond acceptors (Lipinski definition) is 2. The van der Waals surface area contributed by atoms with E-state index in [4.69, 9.17) is 5.26 Å². The van der Waals surface area contributed by atoms with Crippen LogP contribution in [0, 0.1) is 25.2 Å². The molecule has 14 heavy (non-hydrogen) atoms. The summed E-state index contributed by atoms with van der Waals surface area (Å²) in [5.41, 5.74) is 2.57. The first-order valence-electron chi connectivity index (χ1n) is 4.83. The molecule has 1 nitrogen and oxygen atoms in total. The Hall–Kier alpha value is -0.940. The zero-order valence-electron chi connectivity index (χ0n) is 8.50. The summed E-state index contributed by atoms with van der Waals surface area (Å²) in [5, 5.41) is 8.99. The van der Waals surface area contributed by atoms with Gasteiger partial charge in [0.25, 0.3) is 0 Å². The molecule has 1 aliphatic rings. The zero-order chi connectivity index (χ0) is 10.2. The molecule has 0 bridgehead atoms. The molecule has 72 valence electrons. The van der Waals surface area contributed by atoms with Gasteiger partial charge in [0.05, 0.1) is 6.07 Å². The van der Waals surface area contributed by atoms with Gasteiger partial charge in [-0.25, -0.2) is 0 Å². The number of aryl methyl sites for hydroxylation is 2. The third-order valence-electron chi connectivity index (χ3n) is 2.54. The van der Waals surface area contributed by atoms with E-state index in [2.05, 4.69) is 38.1 Å². The van der Waals surface area contributed by atoms with Gasteiger partial charge in [0.1, 0.15) is 4.75 Å². The number of hydrogen-bond donors (Lipinski definition) is 0. The molecule has 0 aliphatic heterocycles. The van der Waals surface area contributed by atoms with E-state index in [1.165, 1.54) is 16.0 Å². The number of thioether (sulfide) groups is 1. The lowest BCUT2D eigenvalue weighted by atomic mass is 10.2. The molecular formula is C12H13NS. The molecule has 1 aromatic rings. The third kappa shape index (κ3) is 1.78. The zero-order valence-corrected chi connectivity index (χ0v) is 9.32. The third-order valence-corrected chi connectivity index (χ3v) is 4.11. The van der Waals surface area contributed by atoms with Crippen molar-refractivity contribution < 1.29 is 0 Å². The molecule has 1 fully saturated rings. The molecule has 1 aliphatic carbocycles. The molecule has 0 N–H and O–H groups in total. The first kappa shape index (κ1) is 9.61. The fourth-order valence-electron chi connectivity index (χ4n) is 1.47. The Kier molecular flexibility index (Phi) is 2.28. The van der Waals surface area contributed by atoms with Crippen LogP contribution in [0.15, 0.2) is 23.1 Å². The van der Waals surface area contributed by atoms with Crippen molar-refractivity contribution in [1.29, 1.82) is 5.26 Å². The number of benzene rings is 1. The van der Waals surface area contributed by atoms with Crippen LogP contribution < -0.4 is 0 Å². The van der Waals surface area contributed by atoms with Crippen molar-refractivity contribution in [3.8, 4) is 6.07 Å². The second-order valence-corrected chi connectivity index (χ2v) is 5.40. The smallest absolute Gasteiger partial charge is 0.107 e. The summed E-state index contributed by atoms with van der Waals surface area (Å²) in [6, 6.07) is 8.83. The predicted molar refractivity (Wildman–Crippen MR) is 59.4 cm³/mol. The van der Waals surface area contributed by atoms with E-state index in [1.54, 1.807) is 11.8 Å². The van der Waals surface area contributed by atoms with Gasteiger partial charge in [0.15, 0.2) is 0 Å². The average Bonchev–Trinajstić information content (AvgIpc) is 2.91. The van der Waals surface area contributed by atoms with Gasteiger partial charge in [-0.15, -0.1) is 11.8 Å². The first-order chi connectivity index (χ1) is 6.65. The second-order valence-electron chi connectivity index (χ2n) is 3.98. The van der Waals surface area contributed by atoms with Crippen molar-refractivity contribution in [3.63, 3.8) is 0 Å². The highest BCUT2D eigenvalue weighted by atomic mass is 32.2. The van der Waals surface area contributed by atoms with Gasteiger partial charge >= 0.3 is 0 Å². The van der Waals surface area contributed by atoms with Gasteiger partial charge in [-0.1, -0.05) is 17.7 Å². The van der Waals surface area contributed by atoms with Crippen molar-refractivity contribution in [1.82, 2.24) is 0 Å².